The number of anilines is 2. The molecule has 0 bridgehead atoms. The van der Waals surface area contributed by atoms with Crippen molar-refractivity contribution in [2.24, 2.45) is 22.9 Å². The Morgan fingerprint density at radius 3 is 2.52 bits per heavy atom. The highest BCUT2D eigenvalue weighted by Gasteiger charge is 2.60. The zero-order chi connectivity index (χ0) is 35.3. The number of carbonyl (C=O) groups excluding carboxylic acids is 1. The molecule has 10 nitrogen and oxygen atoms in total. The molecule has 1 aliphatic carbocycles. The molecule has 13 heteroatoms. The molecule has 50 heavy (non-hydrogen) atoms. The van der Waals surface area contributed by atoms with E-state index in [-0.39, 0.29) is 17.7 Å². The van der Waals surface area contributed by atoms with Crippen LogP contribution in [0.15, 0.2) is 59.7 Å². The number of methoxy groups -OCH3 is 1. The molecule has 3 aliphatic rings. The van der Waals surface area contributed by atoms with Gasteiger partial charge in [0.1, 0.15) is 11.5 Å². The van der Waals surface area contributed by atoms with E-state index >= 15 is 0 Å². The van der Waals surface area contributed by atoms with E-state index in [9.17, 15) is 18.7 Å². The number of rotatable bonds is 10. The van der Waals surface area contributed by atoms with E-state index in [0.717, 1.165) is 40.9 Å². The van der Waals surface area contributed by atoms with E-state index in [0.29, 0.717) is 58.4 Å². The lowest BCUT2D eigenvalue weighted by atomic mass is 9.96. The number of nitrogens with zero attached hydrogens (tertiary/aromatic N) is 5. The third-order valence-electron chi connectivity index (χ3n) is 9.83. The highest BCUT2D eigenvalue weighted by molar-refractivity contribution is 6.36. The number of hydrogen-bond acceptors (Lipinski definition) is 10. The maximum Gasteiger partial charge on any atom is 0.309 e. The zero-order valence-electron chi connectivity index (χ0n) is 28.0. The van der Waals surface area contributed by atoms with Gasteiger partial charge in [0.15, 0.2) is 6.23 Å². The maximum atomic E-state index is 13.8. The van der Waals surface area contributed by atoms with Crippen LogP contribution >= 0.6 is 11.6 Å². The van der Waals surface area contributed by atoms with Gasteiger partial charge in [-0.25, -0.2) is 18.7 Å². The van der Waals surface area contributed by atoms with Crippen molar-refractivity contribution >= 4 is 35.3 Å². The van der Waals surface area contributed by atoms with Crippen LogP contribution in [-0.4, -0.2) is 71.0 Å². The molecule has 2 N–H and O–H groups in total. The highest BCUT2D eigenvalue weighted by atomic mass is 35.5. The molecule has 2 fully saturated rings. The summed E-state index contributed by atoms with van der Waals surface area (Å²) in [5.74, 6) is 1.25. The normalized spacial score (nSPS) is 20.9. The van der Waals surface area contributed by atoms with Gasteiger partial charge in [-0.05, 0) is 55.0 Å². The first-order valence-corrected chi connectivity index (χ1v) is 16.8. The van der Waals surface area contributed by atoms with Crippen molar-refractivity contribution in [1.29, 1.82) is 0 Å². The summed E-state index contributed by atoms with van der Waals surface area (Å²) in [5.41, 5.74) is 5.58. The summed E-state index contributed by atoms with van der Waals surface area (Å²) in [6, 6.07) is 16.5. The Bertz CT molecular complexity index is 1980. The number of halogens is 3. The van der Waals surface area contributed by atoms with Crippen LogP contribution in [0, 0.1) is 24.7 Å². The summed E-state index contributed by atoms with van der Waals surface area (Å²) >= 11 is 7.11. The van der Waals surface area contributed by atoms with Crippen LogP contribution in [0.4, 0.5) is 20.3 Å². The second kappa shape index (κ2) is 13.6. The summed E-state index contributed by atoms with van der Waals surface area (Å²) in [7, 11) is 3.19. The standard InChI is InChI=1S/C37H37ClF2N6O4/c1-5-50-37(48)31-25-17-46(18-26(25)31)16-20-12-13-28(44-35(20)49-4)24-10-6-9-23(32(24)38)22-8-7-11-27(19(22)2)42-34-30-21(14-29(43-34)33(39)40)15-41-45(3)36(30)47/h6-15,25-26,31,33,36,47H,5,16-18H2,1-4H3,(H,42,43). The van der Waals surface area contributed by atoms with Crippen LogP contribution in [0.25, 0.3) is 22.4 Å². The van der Waals surface area contributed by atoms with Gasteiger partial charge in [0, 0.05) is 54.6 Å². The van der Waals surface area contributed by atoms with Gasteiger partial charge in [-0.2, -0.15) is 5.10 Å². The SMILES string of the molecule is CCOC(=O)C1C2CN(Cc3ccc(-c4cccc(-c5cccc(Nc6nc(C(F)F)cc7c6C(O)N(C)N=C7)c5C)c4Cl)nc3OC)CC21. The van der Waals surface area contributed by atoms with Crippen LogP contribution in [-0.2, 0) is 16.1 Å². The number of pyridine rings is 2. The number of ether oxygens (including phenoxy) is 2. The van der Waals surface area contributed by atoms with Crippen molar-refractivity contribution in [3.05, 3.63) is 87.6 Å². The first-order valence-electron chi connectivity index (χ1n) is 16.5. The number of likely N-dealkylation sites (tertiary alicyclic amines) is 1. The molecule has 1 saturated heterocycles. The predicted octanol–water partition coefficient (Wildman–Crippen LogP) is 6.97. The topological polar surface area (TPSA) is 112 Å². The molecular weight excluding hydrogens is 666 g/mol. The lowest BCUT2D eigenvalue weighted by molar-refractivity contribution is -0.145. The Hall–Kier alpha value is -4.65. The van der Waals surface area contributed by atoms with E-state index < -0.39 is 18.3 Å². The number of piperidine rings is 1. The first kappa shape index (κ1) is 33.8. The number of fused-ring (bicyclic) bond motifs is 2. The first-order chi connectivity index (χ1) is 24.1. The minimum atomic E-state index is -2.81. The van der Waals surface area contributed by atoms with Crippen molar-refractivity contribution in [3.63, 3.8) is 0 Å². The fourth-order valence-electron chi connectivity index (χ4n) is 7.20. The largest absolute Gasteiger partial charge is 0.481 e. The van der Waals surface area contributed by atoms with Crippen molar-refractivity contribution < 1.29 is 28.2 Å². The van der Waals surface area contributed by atoms with Crippen LogP contribution < -0.4 is 10.1 Å². The Morgan fingerprint density at radius 2 is 1.80 bits per heavy atom. The van der Waals surface area contributed by atoms with Crippen LogP contribution in [0.2, 0.25) is 5.02 Å². The summed E-state index contributed by atoms with van der Waals surface area (Å²) in [4.78, 5) is 23.5. The number of alkyl halides is 2. The number of aliphatic hydroxyl groups excluding tert-OH is 1. The monoisotopic (exact) mass is 702 g/mol. The quantitative estimate of drug-likeness (QED) is 0.169. The number of hydrazone groups is 1. The third kappa shape index (κ3) is 6.16. The number of aromatic nitrogens is 2. The van der Waals surface area contributed by atoms with Crippen molar-refractivity contribution in [2.45, 2.75) is 33.0 Å². The predicted molar refractivity (Wildman–Crippen MR) is 187 cm³/mol. The Morgan fingerprint density at radius 1 is 1.08 bits per heavy atom. The molecule has 0 radical (unpaired) electrons. The van der Waals surface area contributed by atoms with Crippen LogP contribution in [0.5, 0.6) is 5.88 Å². The van der Waals surface area contributed by atoms with Crippen LogP contribution in [0.3, 0.4) is 0 Å². The van der Waals surface area contributed by atoms with E-state index in [1.54, 1.807) is 14.2 Å². The fraction of sp³-hybridized carbons (Fsp3) is 0.351. The Kier molecular flexibility index (Phi) is 9.19. The summed E-state index contributed by atoms with van der Waals surface area (Å²) in [5, 5.41) is 20.0. The summed E-state index contributed by atoms with van der Waals surface area (Å²) in [6.45, 7) is 6.47. The zero-order valence-corrected chi connectivity index (χ0v) is 28.8. The van der Waals surface area contributed by atoms with Crippen molar-refractivity contribution in [3.8, 4) is 28.3 Å². The summed E-state index contributed by atoms with van der Waals surface area (Å²) in [6.07, 6.45) is -2.55. The lowest BCUT2D eigenvalue weighted by Crippen LogP contribution is -2.26. The molecule has 3 unspecified atom stereocenters. The molecule has 2 aromatic carbocycles. The number of nitrogens with one attached hydrogen (secondary N) is 1. The minimum absolute atomic E-state index is 0.0201. The van der Waals surface area contributed by atoms with E-state index in [2.05, 4.69) is 20.3 Å². The van der Waals surface area contributed by atoms with Gasteiger partial charge in [-0.1, -0.05) is 48.0 Å². The molecule has 7 rings (SSSR count). The number of aliphatic hydroxyl groups is 1. The van der Waals surface area contributed by atoms with Gasteiger partial charge in [0.2, 0.25) is 5.88 Å². The number of benzene rings is 2. The molecule has 0 spiro atoms. The maximum absolute atomic E-state index is 13.8. The smallest absolute Gasteiger partial charge is 0.309 e. The second-order valence-corrected chi connectivity index (χ2v) is 13.2. The van der Waals surface area contributed by atoms with Crippen molar-refractivity contribution in [2.75, 3.05) is 39.2 Å². The molecule has 2 aliphatic heterocycles. The molecular formula is C37H37ClF2N6O4. The van der Waals surface area contributed by atoms with Crippen LogP contribution in [0.1, 0.15) is 47.5 Å². The Balaban J connectivity index is 1.14. The number of hydrogen-bond donors (Lipinski definition) is 2. The van der Waals surface area contributed by atoms with Gasteiger partial charge < -0.3 is 19.9 Å². The molecule has 4 aromatic rings. The van der Waals surface area contributed by atoms with Gasteiger partial charge in [-0.15, -0.1) is 0 Å². The summed E-state index contributed by atoms with van der Waals surface area (Å²) < 4.78 is 38.6. The third-order valence-corrected chi connectivity index (χ3v) is 10.2. The fourth-order valence-corrected chi connectivity index (χ4v) is 7.52. The van der Waals surface area contributed by atoms with E-state index in [1.807, 2.05) is 62.4 Å². The second-order valence-electron chi connectivity index (χ2n) is 12.8. The number of esters is 1. The lowest BCUT2D eigenvalue weighted by Gasteiger charge is -2.28. The minimum Gasteiger partial charge on any atom is -0.481 e. The Labute approximate surface area is 293 Å². The van der Waals surface area contributed by atoms with Crippen molar-refractivity contribution in [1.82, 2.24) is 19.9 Å². The molecule has 0 amide bonds. The molecule has 2 aromatic heterocycles. The van der Waals surface area contributed by atoms with Gasteiger partial charge in [0.25, 0.3) is 6.43 Å². The highest BCUT2D eigenvalue weighted by Crippen LogP contribution is 2.52. The van der Waals surface area contributed by atoms with Gasteiger partial charge >= 0.3 is 5.97 Å². The molecule has 3 atom stereocenters. The van der Waals surface area contributed by atoms with E-state index in [4.69, 9.17) is 26.1 Å². The average Bonchev–Trinajstić information content (AvgIpc) is 3.62. The number of carbonyl (C=O) groups is 1. The average molecular weight is 703 g/mol. The molecule has 1 saturated carbocycles. The molecule has 4 heterocycles. The van der Waals surface area contributed by atoms with E-state index in [1.165, 1.54) is 17.3 Å². The molecule has 260 valence electrons. The van der Waals surface area contributed by atoms with Gasteiger partial charge in [0.05, 0.1) is 42.1 Å². The van der Waals surface area contributed by atoms with Gasteiger partial charge in [-0.3, -0.25) is 14.7 Å².